The van der Waals surface area contributed by atoms with E-state index in [2.05, 4.69) is 15.9 Å². The summed E-state index contributed by atoms with van der Waals surface area (Å²) >= 11 is 3.34. The molecule has 0 bridgehead atoms. The number of carboxylic acids is 1. The van der Waals surface area contributed by atoms with E-state index >= 15 is 0 Å². The van der Waals surface area contributed by atoms with E-state index in [1.165, 1.54) is 6.07 Å². The predicted molar refractivity (Wildman–Crippen MR) is 90.1 cm³/mol. The van der Waals surface area contributed by atoms with Gasteiger partial charge in [0.2, 0.25) is 0 Å². The molecule has 2 aromatic rings. The summed E-state index contributed by atoms with van der Waals surface area (Å²) in [4.78, 5) is 11.7. The largest absolute Gasteiger partial charge is 0.480 e. The van der Waals surface area contributed by atoms with Crippen LogP contribution in [0.15, 0.2) is 51.8 Å². The quantitative estimate of drug-likeness (QED) is 0.866. The molecule has 1 heterocycles. The normalized spacial score (nSPS) is 17.1. The highest BCUT2D eigenvalue weighted by atomic mass is 79.9. The van der Waals surface area contributed by atoms with Crippen molar-refractivity contribution in [3.05, 3.63) is 58.1 Å². The second-order valence-corrected chi connectivity index (χ2v) is 8.07. The van der Waals surface area contributed by atoms with Crippen LogP contribution in [0.4, 0.5) is 5.69 Å². The van der Waals surface area contributed by atoms with Crippen LogP contribution >= 0.6 is 15.9 Å². The topological polar surface area (TPSA) is 74.7 Å². The van der Waals surface area contributed by atoms with Gasteiger partial charge in [-0.05, 0) is 42.3 Å². The van der Waals surface area contributed by atoms with Crippen molar-refractivity contribution in [3.8, 4) is 0 Å². The van der Waals surface area contributed by atoms with Crippen molar-refractivity contribution >= 4 is 37.6 Å². The third-order valence-electron chi connectivity index (χ3n) is 3.90. The minimum Gasteiger partial charge on any atom is -0.480 e. The first kappa shape index (κ1) is 16.0. The van der Waals surface area contributed by atoms with E-state index in [0.717, 1.165) is 19.9 Å². The van der Waals surface area contributed by atoms with E-state index in [1.807, 2.05) is 0 Å². The third kappa shape index (κ3) is 2.64. The highest BCUT2D eigenvalue weighted by molar-refractivity contribution is 9.10. The molecule has 7 heteroatoms. The molecular weight excluding hydrogens is 382 g/mol. The molecule has 3 rings (SSSR count). The van der Waals surface area contributed by atoms with Gasteiger partial charge in [0, 0.05) is 10.9 Å². The van der Waals surface area contributed by atoms with Gasteiger partial charge in [-0.1, -0.05) is 34.1 Å². The summed E-state index contributed by atoms with van der Waals surface area (Å²) in [6, 6.07) is 10.4. The minimum absolute atomic E-state index is 0.0844. The van der Waals surface area contributed by atoms with Gasteiger partial charge in [0.15, 0.2) is 0 Å². The van der Waals surface area contributed by atoms with Crippen LogP contribution in [-0.4, -0.2) is 25.5 Å². The second kappa shape index (κ2) is 5.65. The van der Waals surface area contributed by atoms with Crippen molar-refractivity contribution in [1.82, 2.24) is 0 Å². The summed E-state index contributed by atoms with van der Waals surface area (Å²) in [7, 11) is -3.95. The zero-order chi connectivity index (χ0) is 16.8. The number of anilines is 1. The molecule has 1 aliphatic heterocycles. The van der Waals surface area contributed by atoms with Crippen LogP contribution in [0, 0.1) is 6.92 Å². The van der Waals surface area contributed by atoms with Crippen molar-refractivity contribution in [2.24, 2.45) is 0 Å². The maximum absolute atomic E-state index is 13.0. The van der Waals surface area contributed by atoms with Gasteiger partial charge in [-0.2, -0.15) is 0 Å². The monoisotopic (exact) mass is 395 g/mol. The Morgan fingerprint density at radius 3 is 2.61 bits per heavy atom. The van der Waals surface area contributed by atoms with Crippen LogP contribution in [0.3, 0.4) is 0 Å². The lowest BCUT2D eigenvalue weighted by Crippen LogP contribution is -2.42. The Labute approximate surface area is 142 Å². The molecule has 1 atom stereocenters. The van der Waals surface area contributed by atoms with Gasteiger partial charge in [-0.15, -0.1) is 0 Å². The van der Waals surface area contributed by atoms with E-state index in [1.54, 1.807) is 43.3 Å². The highest BCUT2D eigenvalue weighted by Gasteiger charge is 2.42. The molecule has 0 aromatic heterocycles. The van der Waals surface area contributed by atoms with Crippen LogP contribution in [0.1, 0.15) is 11.1 Å². The Bertz CT molecular complexity index is 895. The molecule has 0 radical (unpaired) electrons. The van der Waals surface area contributed by atoms with Crippen LogP contribution in [0.2, 0.25) is 0 Å². The van der Waals surface area contributed by atoms with Gasteiger partial charge in [-0.3, -0.25) is 4.31 Å². The summed E-state index contributed by atoms with van der Waals surface area (Å²) in [6.45, 7) is 1.79. The standard InChI is InChI=1S/C16H14BrNO4S/c1-10-8-12(6-7-13(10)17)23(21,22)18-14-5-3-2-4-11(14)9-15(18)16(19)20/h2-8,15H,9H2,1H3,(H,19,20). The molecule has 0 fully saturated rings. The Kier molecular flexibility index (Phi) is 3.93. The lowest BCUT2D eigenvalue weighted by atomic mass is 10.1. The smallest absolute Gasteiger partial charge is 0.327 e. The van der Waals surface area contributed by atoms with Crippen LogP contribution < -0.4 is 4.31 Å². The molecule has 0 saturated heterocycles. The Balaban J connectivity index is 2.16. The van der Waals surface area contributed by atoms with E-state index in [9.17, 15) is 18.3 Å². The molecule has 23 heavy (non-hydrogen) atoms. The number of aliphatic carboxylic acids is 1. The first-order valence-corrected chi connectivity index (χ1v) is 9.17. The lowest BCUT2D eigenvalue weighted by molar-refractivity contribution is -0.138. The Morgan fingerprint density at radius 1 is 1.26 bits per heavy atom. The number of sulfonamides is 1. The Hall–Kier alpha value is -1.86. The average molecular weight is 396 g/mol. The number of aryl methyl sites for hydroxylation is 1. The van der Waals surface area contributed by atoms with E-state index < -0.39 is 22.0 Å². The zero-order valence-corrected chi connectivity index (χ0v) is 14.6. The average Bonchev–Trinajstić information content (AvgIpc) is 2.90. The number of rotatable bonds is 3. The van der Waals surface area contributed by atoms with E-state index in [4.69, 9.17) is 0 Å². The van der Waals surface area contributed by atoms with Gasteiger partial charge in [0.1, 0.15) is 6.04 Å². The van der Waals surface area contributed by atoms with Crippen molar-refractivity contribution < 1.29 is 18.3 Å². The fraction of sp³-hybridized carbons (Fsp3) is 0.188. The molecule has 120 valence electrons. The number of hydrogen-bond donors (Lipinski definition) is 1. The third-order valence-corrected chi connectivity index (χ3v) is 6.61. The fourth-order valence-corrected chi connectivity index (χ4v) is 4.71. The maximum Gasteiger partial charge on any atom is 0.327 e. The van der Waals surface area contributed by atoms with Gasteiger partial charge in [-0.25, -0.2) is 13.2 Å². The van der Waals surface area contributed by atoms with Crippen molar-refractivity contribution in [1.29, 1.82) is 0 Å². The van der Waals surface area contributed by atoms with E-state index in [0.29, 0.717) is 5.69 Å². The number of fused-ring (bicyclic) bond motifs is 1. The molecule has 1 unspecified atom stereocenters. The first-order valence-electron chi connectivity index (χ1n) is 6.93. The summed E-state index contributed by atoms with van der Waals surface area (Å²) in [5.41, 5.74) is 1.92. The SMILES string of the molecule is Cc1cc(S(=O)(=O)N2c3ccccc3CC2C(=O)O)ccc1Br. The van der Waals surface area contributed by atoms with Crippen molar-refractivity contribution in [2.75, 3.05) is 4.31 Å². The number of carboxylic acid groups (broad SMARTS) is 1. The minimum atomic E-state index is -3.95. The molecule has 0 saturated carbocycles. The fourth-order valence-electron chi connectivity index (χ4n) is 2.73. The van der Waals surface area contributed by atoms with E-state index in [-0.39, 0.29) is 11.3 Å². The Morgan fingerprint density at radius 2 is 1.96 bits per heavy atom. The van der Waals surface area contributed by atoms with Gasteiger partial charge in [0.25, 0.3) is 10.0 Å². The number of hydrogen-bond acceptors (Lipinski definition) is 3. The summed E-state index contributed by atoms with van der Waals surface area (Å²) in [5.74, 6) is -1.15. The summed E-state index contributed by atoms with van der Waals surface area (Å²) in [6.07, 6.45) is 0.167. The second-order valence-electron chi connectivity index (χ2n) is 5.40. The lowest BCUT2D eigenvalue weighted by Gasteiger charge is -2.24. The number of para-hydroxylation sites is 1. The molecule has 5 nitrogen and oxygen atoms in total. The zero-order valence-electron chi connectivity index (χ0n) is 12.2. The number of carbonyl (C=O) groups is 1. The molecule has 0 amide bonds. The van der Waals surface area contributed by atoms with Crippen LogP contribution in [0.25, 0.3) is 0 Å². The van der Waals surface area contributed by atoms with Crippen LogP contribution in [-0.2, 0) is 21.2 Å². The number of benzene rings is 2. The number of halogens is 1. The maximum atomic E-state index is 13.0. The predicted octanol–water partition coefficient (Wildman–Crippen LogP) is 2.96. The molecule has 0 aliphatic carbocycles. The summed E-state index contributed by atoms with van der Waals surface area (Å²) in [5, 5.41) is 9.45. The first-order chi connectivity index (χ1) is 10.8. The van der Waals surface area contributed by atoms with Crippen molar-refractivity contribution in [3.63, 3.8) is 0 Å². The summed E-state index contributed by atoms with van der Waals surface area (Å²) < 4.78 is 27.9. The molecule has 2 aromatic carbocycles. The van der Waals surface area contributed by atoms with Crippen LogP contribution in [0.5, 0.6) is 0 Å². The van der Waals surface area contributed by atoms with Gasteiger partial charge < -0.3 is 5.11 Å². The molecule has 1 aliphatic rings. The molecule has 0 spiro atoms. The van der Waals surface area contributed by atoms with Gasteiger partial charge >= 0.3 is 5.97 Å². The highest BCUT2D eigenvalue weighted by Crippen LogP contribution is 2.37. The van der Waals surface area contributed by atoms with Gasteiger partial charge in [0.05, 0.1) is 10.6 Å². The van der Waals surface area contributed by atoms with Crippen molar-refractivity contribution in [2.45, 2.75) is 24.3 Å². The molecular formula is C16H14BrNO4S. The number of nitrogens with zero attached hydrogens (tertiary/aromatic N) is 1. The molecule has 1 N–H and O–H groups in total.